The Balaban J connectivity index is 1.63. The molecule has 1 aliphatic carbocycles. The lowest BCUT2D eigenvalue weighted by Crippen LogP contribution is -2.59. The second-order valence-corrected chi connectivity index (χ2v) is 5.09. The number of hydrogen-bond acceptors (Lipinski definition) is 4. The number of nitrogens with one attached hydrogen (secondary N) is 1. The van der Waals surface area contributed by atoms with Crippen molar-refractivity contribution in [2.45, 2.75) is 50.7 Å². The third kappa shape index (κ3) is 3.19. The predicted molar refractivity (Wildman–Crippen MR) is 60.2 cm³/mol. The van der Waals surface area contributed by atoms with E-state index >= 15 is 0 Å². The van der Waals surface area contributed by atoms with E-state index in [-0.39, 0.29) is 24.3 Å². The summed E-state index contributed by atoms with van der Waals surface area (Å²) in [7, 11) is 0. The molecule has 92 valence electrons. The van der Waals surface area contributed by atoms with Crippen LogP contribution in [0.15, 0.2) is 0 Å². The lowest BCUT2D eigenvalue weighted by Gasteiger charge is -2.38. The Kier molecular flexibility index (Phi) is 3.82. The molecule has 0 aromatic carbocycles. The van der Waals surface area contributed by atoms with Gasteiger partial charge < -0.3 is 14.8 Å². The molecule has 0 aromatic rings. The zero-order valence-corrected chi connectivity index (χ0v) is 9.96. The van der Waals surface area contributed by atoms with Gasteiger partial charge in [-0.05, 0) is 32.6 Å². The van der Waals surface area contributed by atoms with Crippen LogP contribution in [0, 0.1) is 0 Å². The van der Waals surface area contributed by atoms with Gasteiger partial charge in [-0.1, -0.05) is 6.42 Å². The normalized spacial score (nSPS) is 24.8. The minimum absolute atomic E-state index is 0.0919. The zero-order chi connectivity index (χ0) is 11.4. The van der Waals surface area contributed by atoms with Crippen molar-refractivity contribution in [3.8, 4) is 0 Å². The van der Waals surface area contributed by atoms with Gasteiger partial charge in [0.2, 0.25) is 0 Å². The summed E-state index contributed by atoms with van der Waals surface area (Å²) in [5, 5.41) is 3.13. The summed E-state index contributed by atoms with van der Waals surface area (Å²) in [5.74, 6) is -0.208. The monoisotopic (exact) mass is 227 g/mol. The highest BCUT2D eigenvalue weighted by molar-refractivity contribution is 5.71. The van der Waals surface area contributed by atoms with Crippen molar-refractivity contribution in [1.82, 2.24) is 5.32 Å². The Hall–Kier alpha value is -0.610. The molecule has 1 aliphatic heterocycles. The van der Waals surface area contributed by atoms with Gasteiger partial charge in [0.05, 0.1) is 5.60 Å². The molecule has 2 rings (SSSR count). The third-order valence-electron chi connectivity index (χ3n) is 3.39. The summed E-state index contributed by atoms with van der Waals surface area (Å²) in [6.07, 6.45) is 5.81. The molecular formula is C12H21NO3. The first-order valence-corrected chi connectivity index (χ1v) is 6.22. The Morgan fingerprint density at radius 3 is 2.56 bits per heavy atom. The Morgan fingerprint density at radius 1 is 1.31 bits per heavy atom. The molecule has 1 heterocycles. The lowest BCUT2D eigenvalue weighted by molar-refractivity contribution is -0.164. The maximum atomic E-state index is 11.5. The van der Waals surface area contributed by atoms with Gasteiger partial charge in [-0.15, -0.1) is 0 Å². The molecule has 0 spiro atoms. The topological polar surface area (TPSA) is 47.6 Å². The number of ether oxygens (including phenoxy) is 2. The van der Waals surface area contributed by atoms with E-state index in [0.29, 0.717) is 0 Å². The summed E-state index contributed by atoms with van der Waals surface area (Å²) in [5.41, 5.74) is -0.161. The average molecular weight is 227 g/mol. The smallest absolute Gasteiger partial charge is 0.332 e. The van der Waals surface area contributed by atoms with Crippen LogP contribution >= 0.6 is 0 Å². The van der Waals surface area contributed by atoms with E-state index in [4.69, 9.17) is 9.47 Å². The summed E-state index contributed by atoms with van der Waals surface area (Å²) < 4.78 is 10.9. The van der Waals surface area contributed by atoms with E-state index in [0.717, 1.165) is 25.9 Å². The van der Waals surface area contributed by atoms with Crippen molar-refractivity contribution >= 4 is 5.97 Å². The maximum Gasteiger partial charge on any atom is 0.332 e. The molecule has 0 amide bonds. The van der Waals surface area contributed by atoms with Crippen LogP contribution in [0.1, 0.15) is 39.0 Å². The number of hydrogen-bond donors (Lipinski definition) is 1. The highest BCUT2D eigenvalue weighted by Crippen LogP contribution is 2.21. The molecule has 2 aliphatic rings. The molecule has 2 fully saturated rings. The molecule has 0 radical (unpaired) electrons. The first kappa shape index (κ1) is 11.9. The summed E-state index contributed by atoms with van der Waals surface area (Å²) in [6.45, 7) is 3.75. The minimum Gasteiger partial charge on any atom is -0.461 e. The fraction of sp³-hybridized carbons (Fsp3) is 0.917. The third-order valence-corrected chi connectivity index (χ3v) is 3.39. The highest BCUT2D eigenvalue weighted by atomic mass is 16.6. The quantitative estimate of drug-likeness (QED) is 0.734. The Bertz CT molecular complexity index is 245. The van der Waals surface area contributed by atoms with E-state index in [9.17, 15) is 4.79 Å². The number of esters is 1. The first-order chi connectivity index (χ1) is 7.68. The minimum atomic E-state index is -0.208. The molecule has 0 bridgehead atoms. The fourth-order valence-corrected chi connectivity index (χ4v) is 2.22. The van der Waals surface area contributed by atoms with Gasteiger partial charge >= 0.3 is 5.97 Å². The van der Waals surface area contributed by atoms with E-state index in [2.05, 4.69) is 5.32 Å². The SMILES string of the molecule is CC1(OCC(=O)OC2CCCCC2)CNC1. The molecule has 0 unspecified atom stereocenters. The second kappa shape index (κ2) is 5.15. The van der Waals surface area contributed by atoms with Crippen molar-refractivity contribution in [2.75, 3.05) is 19.7 Å². The van der Waals surface area contributed by atoms with Crippen molar-refractivity contribution < 1.29 is 14.3 Å². The summed E-state index contributed by atoms with van der Waals surface area (Å²) >= 11 is 0. The molecular weight excluding hydrogens is 206 g/mol. The largest absolute Gasteiger partial charge is 0.461 e. The van der Waals surface area contributed by atoms with Gasteiger partial charge in [-0.25, -0.2) is 4.79 Å². The van der Waals surface area contributed by atoms with Crippen molar-refractivity contribution in [3.63, 3.8) is 0 Å². The van der Waals surface area contributed by atoms with Crippen LogP contribution < -0.4 is 5.32 Å². The standard InChI is InChI=1S/C12H21NO3/c1-12(8-13-9-12)15-7-11(14)16-10-5-3-2-4-6-10/h10,13H,2-9H2,1H3. The second-order valence-electron chi connectivity index (χ2n) is 5.09. The molecule has 0 atom stereocenters. The van der Waals surface area contributed by atoms with Gasteiger partial charge in [0.15, 0.2) is 0 Å². The lowest BCUT2D eigenvalue weighted by atomic mass is 9.98. The number of carbonyl (C=O) groups is 1. The van der Waals surface area contributed by atoms with Gasteiger partial charge in [0, 0.05) is 13.1 Å². The predicted octanol–water partition coefficient (Wildman–Crippen LogP) is 1.24. The van der Waals surface area contributed by atoms with E-state index in [1.807, 2.05) is 6.92 Å². The van der Waals surface area contributed by atoms with Crippen LogP contribution in [0.25, 0.3) is 0 Å². The van der Waals surface area contributed by atoms with Crippen LogP contribution in [-0.2, 0) is 14.3 Å². The zero-order valence-electron chi connectivity index (χ0n) is 9.96. The van der Waals surface area contributed by atoms with Crippen molar-refractivity contribution in [1.29, 1.82) is 0 Å². The molecule has 1 saturated heterocycles. The molecule has 0 aromatic heterocycles. The van der Waals surface area contributed by atoms with E-state index in [1.54, 1.807) is 0 Å². The van der Waals surface area contributed by atoms with Crippen LogP contribution in [0.3, 0.4) is 0 Å². The molecule has 4 nitrogen and oxygen atoms in total. The molecule has 1 saturated carbocycles. The van der Waals surface area contributed by atoms with E-state index < -0.39 is 0 Å². The van der Waals surface area contributed by atoms with Gasteiger partial charge in [-0.2, -0.15) is 0 Å². The Morgan fingerprint density at radius 2 is 2.00 bits per heavy atom. The highest BCUT2D eigenvalue weighted by Gasteiger charge is 2.33. The summed E-state index contributed by atoms with van der Waals surface area (Å²) in [6, 6.07) is 0. The number of carbonyl (C=O) groups excluding carboxylic acids is 1. The van der Waals surface area contributed by atoms with Crippen LogP contribution in [-0.4, -0.2) is 37.4 Å². The van der Waals surface area contributed by atoms with Crippen LogP contribution in [0.5, 0.6) is 0 Å². The first-order valence-electron chi connectivity index (χ1n) is 6.22. The van der Waals surface area contributed by atoms with Gasteiger partial charge in [-0.3, -0.25) is 0 Å². The van der Waals surface area contributed by atoms with Crippen molar-refractivity contribution in [2.24, 2.45) is 0 Å². The number of rotatable bonds is 4. The Labute approximate surface area is 96.7 Å². The molecule has 16 heavy (non-hydrogen) atoms. The van der Waals surface area contributed by atoms with Gasteiger partial charge in [0.25, 0.3) is 0 Å². The fourth-order valence-electron chi connectivity index (χ4n) is 2.22. The van der Waals surface area contributed by atoms with E-state index in [1.165, 1.54) is 19.3 Å². The van der Waals surface area contributed by atoms with Gasteiger partial charge in [0.1, 0.15) is 12.7 Å². The van der Waals surface area contributed by atoms with Crippen LogP contribution in [0.2, 0.25) is 0 Å². The molecule has 1 N–H and O–H groups in total. The summed E-state index contributed by atoms with van der Waals surface area (Å²) in [4.78, 5) is 11.5. The average Bonchev–Trinajstić information content (AvgIpc) is 2.25. The van der Waals surface area contributed by atoms with Crippen LogP contribution in [0.4, 0.5) is 0 Å². The maximum absolute atomic E-state index is 11.5. The molecule has 4 heteroatoms. The van der Waals surface area contributed by atoms with Crippen molar-refractivity contribution in [3.05, 3.63) is 0 Å².